The summed E-state index contributed by atoms with van der Waals surface area (Å²) in [7, 11) is 1.99. The molecule has 0 radical (unpaired) electrons. The standard InChI is InChI=1S/C20H28N2O2/c1-5-10-22(13-16-7-6-11-24-16)20(23)19-15(3)17-12-14(2)8-9-18(17)21(19)4/h8-9,12,16H,5-7,10-11,13H2,1-4H3/t16-/m1/s1. The Bertz CT molecular complexity index is 742. The summed E-state index contributed by atoms with van der Waals surface area (Å²) in [5.74, 6) is 0.126. The first kappa shape index (κ1) is 17.0. The van der Waals surface area contributed by atoms with Crippen molar-refractivity contribution in [2.45, 2.75) is 46.1 Å². The summed E-state index contributed by atoms with van der Waals surface area (Å²) in [6.07, 6.45) is 3.31. The third kappa shape index (κ3) is 3.07. The number of carbonyl (C=O) groups excluding carboxylic acids is 1. The molecule has 0 N–H and O–H groups in total. The van der Waals surface area contributed by atoms with Crippen molar-refractivity contribution in [1.82, 2.24) is 9.47 Å². The average Bonchev–Trinajstić information content (AvgIpc) is 3.14. The van der Waals surface area contributed by atoms with E-state index in [2.05, 4.69) is 39.0 Å². The van der Waals surface area contributed by atoms with Crippen molar-refractivity contribution < 1.29 is 9.53 Å². The zero-order chi connectivity index (χ0) is 17.3. The molecular weight excluding hydrogens is 300 g/mol. The van der Waals surface area contributed by atoms with Gasteiger partial charge in [0.15, 0.2) is 0 Å². The van der Waals surface area contributed by atoms with Gasteiger partial charge in [0.25, 0.3) is 5.91 Å². The van der Waals surface area contributed by atoms with E-state index in [1.165, 1.54) is 10.9 Å². The normalized spacial score (nSPS) is 17.6. The van der Waals surface area contributed by atoms with Gasteiger partial charge in [-0.2, -0.15) is 0 Å². The Morgan fingerprint density at radius 1 is 1.38 bits per heavy atom. The number of fused-ring (bicyclic) bond motifs is 1. The molecule has 0 aliphatic carbocycles. The van der Waals surface area contributed by atoms with Crippen molar-refractivity contribution >= 4 is 16.8 Å². The van der Waals surface area contributed by atoms with Crippen LogP contribution in [0.3, 0.4) is 0 Å². The van der Waals surface area contributed by atoms with Crippen LogP contribution < -0.4 is 0 Å². The lowest BCUT2D eigenvalue weighted by atomic mass is 10.1. The topological polar surface area (TPSA) is 34.5 Å². The summed E-state index contributed by atoms with van der Waals surface area (Å²) in [6.45, 7) is 8.57. The van der Waals surface area contributed by atoms with Gasteiger partial charge < -0.3 is 14.2 Å². The number of aryl methyl sites for hydroxylation is 3. The molecule has 3 rings (SSSR count). The lowest BCUT2D eigenvalue weighted by Crippen LogP contribution is -2.39. The number of carbonyl (C=O) groups is 1. The summed E-state index contributed by atoms with van der Waals surface area (Å²) in [6, 6.07) is 6.39. The molecule has 4 heteroatoms. The molecule has 1 atom stereocenters. The van der Waals surface area contributed by atoms with Gasteiger partial charge in [0.2, 0.25) is 0 Å². The minimum atomic E-state index is 0.126. The van der Waals surface area contributed by atoms with Crippen molar-refractivity contribution in [2.75, 3.05) is 19.7 Å². The van der Waals surface area contributed by atoms with Crippen LogP contribution in [0.15, 0.2) is 18.2 Å². The van der Waals surface area contributed by atoms with E-state index in [1.54, 1.807) is 0 Å². The minimum Gasteiger partial charge on any atom is -0.376 e. The number of aromatic nitrogens is 1. The molecule has 2 aromatic rings. The van der Waals surface area contributed by atoms with Crippen molar-refractivity contribution in [3.05, 3.63) is 35.0 Å². The second-order valence-electron chi connectivity index (χ2n) is 6.94. The van der Waals surface area contributed by atoms with Gasteiger partial charge in [0.1, 0.15) is 5.69 Å². The molecule has 2 heterocycles. The van der Waals surface area contributed by atoms with Crippen molar-refractivity contribution in [2.24, 2.45) is 7.05 Å². The van der Waals surface area contributed by atoms with Crippen molar-refractivity contribution in [1.29, 1.82) is 0 Å². The van der Waals surface area contributed by atoms with Gasteiger partial charge in [-0.05, 0) is 50.8 Å². The summed E-state index contributed by atoms with van der Waals surface area (Å²) in [5, 5.41) is 1.18. The SMILES string of the molecule is CCCN(C[C@H]1CCCO1)C(=O)c1c(C)c2cc(C)ccc2n1C. The summed E-state index contributed by atoms with van der Waals surface area (Å²) in [4.78, 5) is 15.2. The van der Waals surface area contributed by atoms with Crippen molar-refractivity contribution in [3.63, 3.8) is 0 Å². The maximum atomic E-state index is 13.3. The fourth-order valence-electron chi connectivity index (χ4n) is 3.78. The first-order valence-corrected chi connectivity index (χ1v) is 8.99. The fourth-order valence-corrected chi connectivity index (χ4v) is 3.78. The number of rotatable bonds is 5. The number of benzene rings is 1. The smallest absolute Gasteiger partial charge is 0.270 e. The molecule has 0 bridgehead atoms. The zero-order valence-corrected chi connectivity index (χ0v) is 15.3. The highest BCUT2D eigenvalue weighted by Crippen LogP contribution is 2.27. The van der Waals surface area contributed by atoms with Crippen LogP contribution in [0, 0.1) is 13.8 Å². The molecule has 1 amide bonds. The predicted molar refractivity (Wildman–Crippen MR) is 97.6 cm³/mol. The van der Waals surface area contributed by atoms with E-state index < -0.39 is 0 Å². The molecule has 130 valence electrons. The summed E-state index contributed by atoms with van der Waals surface area (Å²) >= 11 is 0. The first-order valence-electron chi connectivity index (χ1n) is 8.99. The van der Waals surface area contributed by atoms with Gasteiger partial charge in [-0.3, -0.25) is 4.79 Å². The van der Waals surface area contributed by atoms with Gasteiger partial charge >= 0.3 is 0 Å². The molecule has 1 aliphatic heterocycles. The van der Waals surface area contributed by atoms with Gasteiger partial charge in [-0.15, -0.1) is 0 Å². The molecule has 0 saturated carbocycles. The Labute approximate surface area is 144 Å². The Balaban J connectivity index is 1.95. The third-order valence-corrected chi connectivity index (χ3v) is 5.04. The molecule has 1 saturated heterocycles. The maximum absolute atomic E-state index is 13.3. The van der Waals surface area contributed by atoms with Gasteiger partial charge in [0.05, 0.1) is 6.10 Å². The van der Waals surface area contributed by atoms with E-state index in [4.69, 9.17) is 4.74 Å². The van der Waals surface area contributed by atoms with Crippen LogP contribution in [-0.2, 0) is 11.8 Å². The Morgan fingerprint density at radius 3 is 2.83 bits per heavy atom. The maximum Gasteiger partial charge on any atom is 0.270 e. The van der Waals surface area contributed by atoms with Crippen LogP contribution in [0.4, 0.5) is 0 Å². The lowest BCUT2D eigenvalue weighted by Gasteiger charge is -2.25. The number of hydrogen-bond donors (Lipinski definition) is 0. The second-order valence-corrected chi connectivity index (χ2v) is 6.94. The van der Waals surface area contributed by atoms with E-state index in [9.17, 15) is 4.79 Å². The molecule has 1 fully saturated rings. The van der Waals surface area contributed by atoms with Gasteiger partial charge in [0, 0.05) is 37.6 Å². The van der Waals surface area contributed by atoms with Crippen LogP contribution in [0.2, 0.25) is 0 Å². The molecule has 1 aliphatic rings. The number of nitrogens with zero attached hydrogens (tertiary/aromatic N) is 2. The monoisotopic (exact) mass is 328 g/mol. The molecular formula is C20H28N2O2. The Hall–Kier alpha value is -1.81. The van der Waals surface area contributed by atoms with E-state index in [1.807, 2.05) is 16.5 Å². The first-order chi connectivity index (χ1) is 11.5. The average molecular weight is 328 g/mol. The fraction of sp³-hybridized carbons (Fsp3) is 0.550. The van der Waals surface area contributed by atoms with E-state index in [0.717, 1.165) is 49.2 Å². The van der Waals surface area contributed by atoms with Gasteiger partial charge in [-0.1, -0.05) is 18.6 Å². The van der Waals surface area contributed by atoms with Crippen LogP contribution in [0.1, 0.15) is 47.8 Å². The molecule has 1 aromatic carbocycles. The van der Waals surface area contributed by atoms with Crippen LogP contribution >= 0.6 is 0 Å². The number of ether oxygens (including phenoxy) is 1. The molecule has 1 aromatic heterocycles. The highest BCUT2D eigenvalue weighted by molar-refractivity contribution is 6.01. The second kappa shape index (κ2) is 6.98. The number of hydrogen-bond acceptors (Lipinski definition) is 2. The largest absolute Gasteiger partial charge is 0.376 e. The Morgan fingerprint density at radius 2 is 2.17 bits per heavy atom. The van der Waals surface area contributed by atoms with Crippen LogP contribution in [0.5, 0.6) is 0 Å². The molecule has 0 spiro atoms. The van der Waals surface area contributed by atoms with E-state index >= 15 is 0 Å². The lowest BCUT2D eigenvalue weighted by molar-refractivity contribution is 0.0519. The zero-order valence-electron chi connectivity index (χ0n) is 15.3. The van der Waals surface area contributed by atoms with E-state index in [0.29, 0.717) is 6.54 Å². The van der Waals surface area contributed by atoms with Crippen molar-refractivity contribution in [3.8, 4) is 0 Å². The van der Waals surface area contributed by atoms with E-state index in [-0.39, 0.29) is 12.0 Å². The van der Waals surface area contributed by atoms with Gasteiger partial charge in [-0.25, -0.2) is 0 Å². The Kier molecular flexibility index (Phi) is 4.95. The quantitative estimate of drug-likeness (QED) is 0.836. The van der Waals surface area contributed by atoms with Crippen LogP contribution in [0.25, 0.3) is 10.9 Å². The highest BCUT2D eigenvalue weighted by atomic mass is 16.5. The third-order valence-electron chi connectivity index (χ3n) is 5.04. The number of amides is 1. The van der Waals surface area contributed by atoms with Crippen LogP contribution in [-0.4, -0.2) is 41.2 Å². The summed E-state index contributed by atoms with van der Waals surface area (Å²) < 4.78 is 7.80. The predicted octanol–water partition coefficient (Wildman–Crippen LogP) is 3.83. The molecule has 4 nitrogen and oxygen atoms in total. The minimum absolute atomic E-state index is 0.126. The molecule has 24 heavy (non-hydrogen) atoms. The molecule has 0 unspecified atom stereocenters. The highest BCUT2D eigenvalue weighted by Gasteiger charge is 2.26. The summed E-state index contributed by atoms with van der Waals surface area (Å²) in [5.41, 5.74) is 4.23.